The van der Waals surface area contributed by atoms with Gasteiger partial charge in [-0.15, -0.1) is 0 Å². The molecule has 182 valence electrons. The first-order valence-electron chi connectivity index (χ1n) is 12.0. The molecule has 0 radical (unpaired) electrons. The van der Waals surface area contributed by atoms with Crippen molar-refractivity contribution in [2.45, 2.75) is 32.4 Å². The molecule has 35 heavy (non-hydrogen) atoms. The van der Waals surface area contributed by atoms with Crippen LogP contribution in [0, 0.1) is 30.6 Å². The highest BCUT2D eigenvalue weighted by molar-refractivity contribution is 5.83. The largest absolute Gasteiger partial charge is 0.497 e. The van der Waals surface area contributed by atoms with Gasteiger partial charge in [0.25, 0.3) is 0 Å². The average molecular weight is 475 g/mol. The minimum absolute atomic E-state index is 0.0608. The van der Waals surface area contributed by atoms with Gasteiger partial charge in [-0.05, 0) is 86.2 Å². The summed E-state index contributed by atoms with van der Waals surface area (Å²) in [5, 5.41) is 10.6. The molecule has 0 saturated carbocycles. The molecule has 3 aromatic rings. The number of carboxylic acid groups (broad SMARTS) is 1. The van der Waals surface area contributed by atoms with E-state index >= 15 is 4.39 Å². The predicted octanol–water partition coefficient (Wildman–Crippen LogP) is 5.42. The van der Waals surface area contributed by atoms with Crippen molar-refractivity contribution in [3.05, 3.63) is 71.4 Å². The number of pyridine rings is 1. The van der Waals surface area contributed by atoms with Crippen LogP contribution in [-0.2, 0) is 4.79 Å². The third kappa shape index (κ3) is 6.17. The van der Waals surface area contributed by atoms with Crippen LogP contribution in [0.3, 0.4) is 0 Å². The van der Waals surface area contributed by atoms with Crippen LogP contribution in [0.2, 0.25) is 0 Å². The zero-order valence-electron chi connectivity index (χ0n) is 20.2. The van der Waals surface area contributed by atoms with Gasteiger partial charge in [-0.1, -0.05) is 24.0 Å². The Morgan fingerprint density at radius 1 is 1.29 bits per heavy atom. The SMILES string of the molecule is COc1ccc2nccc([C@H](F)CC[C@@H]3CCN(CC#Cc4cccc(C)c4)C[C@@H]3C(=O)O)c2c1. The predicted molar refractivity (Wildman–Crippen MR) is 135 cm³/mol. The molecule has 2 heterocycles. The lowest BCUT2D eigenvalue weighted by atomic mass is 9.81. The van der Waals surface area contributed by atoms with Crippen LogP contribution in [0.25, 0.3) is 10.9 Å². The van der Waals surface area contributed by atoms with Crippen molar-refractivity contribution in [1.29, 1.82) is 0 Å². The van der Waals surface area contributed by atoms with E-state index in [1.807, 2.05) is 43.3 Å². The molecule has 5 nitrogen and oxygen atoms in total. The van der Waals surface area contributed by atoms with Crippen molar-refractivity contribution in [1.82, 2.24) is 9.88 Å². The number of halogens is 1. The Kier molecular flexibility index (Phi) is 7.99. The first-order chi connectivity index (χ1) is 16.9. The zero-order chi connectivity index (χ0) is 24.8. The van der Waals surface area contributed by atoms with Crippen LogP contribution in [0.15, 0.2) is 54.7 Å². The Labute approximate surface area is 205 Å². The Balaban J connectivity index is 1.38. The summed E-state index contributed by atoms with van der Waals surface area (Å²) in [7, 11) is 1.58. The lowest BCUT2D eigenvalue weighted by molar-refractivity contribution is -0.146. The Bertz CT molecular complexity index is 1250. The number of carbonyl (C=O) groups is 1. The molecular weight excluding hydrogens is 443 g/mol. The molecule has 6 heteroatoms. The minimum atomic E-state index is -1.19. The zero-order valence-corrected chi connectivity index (χ0v) is 20.2. The van der Waals surface area contributed by atoms with E-state index in [0.717, 1.165) is 35.0 Å². The molecule has 1 aromatic heterocycles. The summed E-state index contributed by atoms with van der Waals surface area (Å²) in [4.78, 5) is 18.4. The van der Waals surface area contributed by atoms with Crippen LogP contribution in [0.4, 0.5) is 4.39 Å². The monoisotopic (exact) mass is 474 g/mol. The number of hydrogen-bond donors (Lipinski definition) is 1. The number of aryl methyl sites for hydroxylation is 1. The third-order valence-corrected chi connectivity index (χ3v) is 6.82. The average Bonchev–Trinajstić information content (AvgIpc) is 2.87. The van der Waals surface area contributed by atoms with Gasteiger partial charge in [0, 0.05) is 23.7 Å². The van der Waals surface area contributed by atoms with Crippen molar-refractivity contribution in [3.8, 4) is 17.6 Å². The number of alkyl halides is 1. The molecule has 0 spiro atoms. The second-order valence-electron chi connectivity index (χ2n) is 9.23. The number of rotatable bonds is 7. The number of benzene rings is 2. The van der Waals surface area contributed by atoms with Gasteiger partial charge < -0.3 is 9.84 Å². The molecule has 0 unspecified atom stereocenters. The lowest BCUT2D eigenvalue weighted by Gasteiger charge is -2.35. The maximum atomic E-state index is 15.4. The summed E-state index contributed by atoms with van der Waals surface area (Å²) in [6, 6.07) is 15.2. The van der Waals surface area contributed by atoms with Crippen molar-refractivity contribution in [2.75, 3.05) is 26.7 Å². The summed E-state index contributed by atoms with van der Waals surface area (Å²) >= 11 is 0. The van der Waals surface area contributed by atoms with E-state index in [1.54, 1.807) is 25.4 Å². The van der Waals surface area contributed by atoms with Gasteiger partial charge >= 0.3 is 5.97 Å². The fourth-order valence-corrected chi connectivity index (χ4v) is 4.88. The van der Waals surface area contributed by atoms with Gasteiger partial charge in [0.15, 0.2) is 0 Å². The van der Waals surface area contributed by atoms with Gasteiger partial charge in [-0.2, -0.15) is 0 Å². The molecule has 1 aliphatic heterocycles. The summed E-state index contributed by atoms with van der Waals surface area (Å²) in [5.41, 5.74) is 3.41. The van der Waals surface area contributed by atoms with Gasteiger partial charge in [-0.25, -0.2) is 4.39 Å². The van der Waals surface area contributed by atoms with E-state index in [0.29, 0.717) is 30.8 Å². The molecule has 1 fully saturated rings. The molecule has 4 rings (SSSR count). The first-order valence-corrected chi connectivity index (χ1v) is 12.0. The molecule has 1 saturated heterocycles. The number of hydrogen-bond acceptors (Lipinski definition) is 4. The Morgan fingerprint density at radius 2 is 2.14 bits per heavy atom. The number of carboxylic acids is 1. The first kappa shape index (κ1) is 24.7. The number of ether oxygens (including phenoxy) is 1. The van der Waals surface area contributed by atoms with Crippen molar-refractivity contribution in [3.63, 3.8) is 0 Å². The van der Waals surface area contributed by atoms with Gasteiger partial charge in [0.1, 0.15) is 11.9 Å². The molecule has 0 amide bonds. The fraction of sp³-hybridized carbons (Fsp3) is 0.379. The highest BCUT2D eigenvalue weighted by Gasteiger charge is 2.34. The van der Waals surface area contributed by atoms with Crippen molar-refractivity contribution in [2.24, 2.45) is 11.8 Å². The van der Waals surface area contributed by atoms with E-state index in [9.17, 15) is 9.90 Å². The van der Waals surface area contributed by atoms with E-state index in [2.05, 4.69) is 21.7 Å². The number of nitrogens with zero attached hydrogens (tertiary/aromatic N) is 2. The van der Waals surface area contributed by atoms with E-state index in [-0.39, 0.29) is 12.3 Å². The second-order valence-corrected chi connectivity index (χ2v) is 9.23. The maximum Gasteiger partial charge on any atom is 0.308 e. The standard InChI is InChI=1S/C29H31FN2O3/c1-20-5-3-6-21(17-20)7-4-15-32-16-13-22(26(19-32)29(33)34)8-10-27(30)24-12-14-31-28-11-9-23(35-2)18-25(24)28/h3,5-6,9,11-12,14,17-18,22,26-27H,8,10,13,15-16,19H2,1-2H3,(H,33,34)/t22-,26+,27-/m1/s1. The molecular formula is C29H31FN2O3. The number of aliphatic carboxylic acids is 1. The summed E-state index contributed by atoms with van der Waals surface area (Å²) in [5.74, 6) is 5.60. The third-order valence-electron chi connectivity index (χ3n) is 6.82. The van der Waals surface area contributed by atoms with Crippen LogP contribution in [-0.4, -0.2) is 47.7 Å². The van der Waals surface area contributed by atoms with Crippen LogP contribution in [0.1, 0.15) is 42.1 Å². The number of aromatic nitrogens is 1. The van der Waals surface area contributed by atoms with Gasteiger partial charge in [-0.3, -0.25) is 14.7 Å². The second kappa shape index (κ2) is 11.3. The number of piperidine rings is 1. The van der Waals surface area contributed by atoms with E-state index in [1.165, 1.54) is 0 Å². The van der Waals surface area contributed by atoms with Gasteiger partial charge in [0.2, 0.25) is 0 Å². The van der Waals surface area contributed by atoms with E-state index < -0.39 is 18.1 Å². The van der Waals surface area contributed by atoms with Crippen molar-refractivity contribution < 1.29 is 19.0 Å². The van der Waals surface area contributed by atoms with Gasteiger partial charge in [0.05, 0.1) is 25.1 Å². The highest BCUT2D eigenvalue weighted by Crippen LogP contribution is 2.35. The van der Waals surface area contributed by atoms with Crippen LogP contribution in [0.5, 0.6) is 5.75 Å². The van der Waals surface area contributed by atoms with Crippen LogP contribution < -0.4 is 4.74 Å². The summed E-state index contributed by atoms with van der Waals surface area (Å²) in [6.45, 7) is 3.77. The minimum Gasteiger partial charge on any atom is -0.497 e. The normalized spacial score (nSPS) is 19.1. The molecule has 0 bridgehead atoms. The summed E-state index contributed by atoms with van der Waals surface area (Å²) in [6.07, 6.45) is 1.95. The number of likely N-dealkylation sites (tertiary alicyclic amines) is 1. The van der Waals surface area contributed by atoms with Crippen LogP contribution >= 0.6 is 0 Å². The molecule has 1 N–H and O–H groups in total. The molecule has 1 aliphatic rings. The quantitative estimate of drug-likeness (QED) is 0.464. The Hall–Kier alpha value is -3.43. The summed E-state index contributed by atoms with van der Waals surface area (Å²) < 4.78 is 20.7. The fourth-order valence-electron chi connectivity index (χ4n) is 4.88. The number of methoxy groups -OCH3 is 1. The number of fused-ring (bicyclic) bond motifs is 1. The molecule has 2 aromatic carbocycles. The van der Waals surface area contributed by atoms with Crippen molar-refractivity contribution >= 4 is 16.9 Å². The smallest absolute Gasteiger partial charge is 0.308 e. The highest BCUT2D eigenvalue weighted by atomic mass is 19.1. The molecule has 3 atom stereocenters. The Morgan fingerprint density at radius 3 is 2.91 bits per heavy atom. The molecule has 0 aliphatic carbocycles. The topological polar surface area (TPSA) is 62.7 Å². The maximum absolute atomic E-state index is 15.4. The van der Waals surface area contributed by atoms with E-state index in [4.69, 9.17) is 4.74 Å². The lowest BCUT2D eigenvalue weighted by Crippen LogP contribution is -2.44.